The fraction of sp³-hybridized carbons (Fsp3) is 1.00. The number of hydrogen-bond acceptors (Lipinski definition) is 1. The molecule has 1 heterocycles. The van der Waals surface area contributed by atoms with Crippen LogP contribution in [0.2, 0.25) is 0 Å². The summed E-state index contributed by atoms with van der Waals surface area (Å²) in [6, 6.07) is 0. The van der Waals surface area contributed by atoms with Crippen molar-refractivity contribution in [1.82, 2.24) is 0 Å². The Hall–Kier alpha value is -0.0400. The van der Waals surface area contributed by atoms with Crippen molar-refractivity contribution >= 4 is 0 Å². The average Bonchev–Trinajstić information content (AvgIpc) is 1.91. The molecule has 2 atom stereocenters. The summed E-state index contributed by atoms with van der Waals surface area (Å²) in [4.78, 5) is 0. The monoisotopic (exact) mass is 144 g/mol. The Kier molecular flexibility index (Phi) is 5.70. The fourth-order valence-electron chi connectivity index (χ4n) is 1.22. The summed E-state index contributed by atoms with van der Waals surface area (Å²) in [6.45, 7) is 9.41. The Morgan fingerprint density at radius 2 is 1.80 bits per heavy atom. The van der Waals surface area contributed by atoms with Crippen molar-refractivity contribution in [2.45, 2.75) is 46.6 Å². The first-order valence-electron chi connectivity index (χ1n) is 4.40. The van der Waals surface area contributed by atoms with Crippen molar-refractivity contribution in [3.05, 3.63) is 0 Å². The lowest BCUT2D eigenvalue weighted by atomic mass is 9.99. The van der Waals surface area contributed by atoms with Crippen molar-refractivity contribution in [2.24, 2.45) is 5.92 Å². The van der Waals surface area contributed by atoms with E-state index in [0.717, 1.165) is 12.5 Å². The molecule has 0 aromatic rings. The van der Waals surface area contributed by atoms with E-state index in [9.17, 15) is 0 Å². The molecule has 1 fully saturated rings. The first kappa shape index (κ1) is 9.96. The summed E-state index contributed by atoms with van der Waals surface area (Å²) < 4.78 is 5.35. The Morgan fingerprint density at radius 3 is 2.10 bits per heavy atom. The lowest BCUT2D eigenvalue weighted by molar-refractivity contribution is 0.00682. The third kappa shape index (κ3) is 3.89. The highest BCUT2D eigenvalue weighted by molar-refractivity contribution is 4.63. The average molecular weight is 144 g/mol. The van der Waals surface area contributed by atoms with Crippen LogP contribution < -0.4 is 0 Å². The van der Waals surface area contributed by atoms with Crippen molar-refractivity contribution in [1.29, 1.82) is 0 Å². The lowest BCUT2D eigenvalue weighted by Crippen LogP contribution is -2.20. The predicted molar refractivity (Wildman–Crippen MR) is 45.2 cm³/mol. The van der Waals surface area contributed by atoms with Crippen molar-refractivity contribution in [2.75, 3.05) is 6.61 Å². The minimum Gasteiger partial charge on any atom is -0.378 e. The second-order valence-corrected chi connectivity index (χ2v) is 2.81. The summed E-state index contributed by atoms with van der Waals surface area (Å²) in [6.07, 6.45) is 3.02. The second-order valence-electron chi connectivity index (χ2n) is 2.81. The molecule has 0 amide bonds. The van der Waals surface area contributed by atoms with Gasteiger partial charge in [0.05, 0.1) is 6.10 Å². The van der Waals surface area contributed by atoms with E-state index in [-0.39, 0.29) is 0 Å². The van der Waals surface area contributed by atoms with Gasteiger partial charge in [-0.15, -0.1) is 0 Å². The standard InChI is InChI=1S/C7H14O.C2H6/c1-6-3-4-8-7(2)5-6;1-2/h6-7H,3-5H2,1-2H3;1-2H3/t6-,7-;/m1./s1. The molecule has 0 unspecified atom stereocenters. The van der Waals surface area contributed by atoms with Gasteiger partial charge in [-0.2, -0.15) is 0 Å². The lowest BCUT2D eigenvalue weighted by Gasteiger charge is -2.23. The fourth-order valence-corrected chi connectivity index (χ4v) is 1.22. The van der Waals surface area contributed by atoms with Crippen LogP contribution in [0.15, 0.2) is 0 Å². The van der Waals surface area contributed by atoms with E-state index in [0.29, 0.717) is 6.10 Å². The molecule has 0 bridgehead atoms. The molecular weight excluding hydrogens is 124 g/mol. The Balaban J connectivity index is 0.000000371. The quantitative estimate of drug-likeness (QED) is 0.508. The minimum absolute atomic E-state index is 0.513. The van der Waals surface area contributed by atoms with Gasteiger partial charge in [-0.05, 0) is 25.7 Å². The van der Waals surface area contributed by atoms with Crippen molar-refractivity contribution in [3.63, 3.8) is 0 Å². The van der Waals surface area contributed by atoms with Crippen LogP contribution in [0.4, 0.5) is 0 Å². The molecule has 1 saturated heterocycles. The van der Waals surface area contributed by atoms with Crippen LogP contribution >= 0.6 is 0 Å². The molecule has 1 aliphatic rings. The molecule has 0 aliphatic carbocycles. The smallest absolute Gasteiger partial charge is 0.0549 e. The molecule has 0 radical (unpaired) electrons. The molecule has 1 rings (SSSR count). The molecule has 0 spiro atoms. The van der Waals surface area contributed by atoms with Gasteiger partial charge in [0.2, 0.25) is 0 Å². The van der Waals surface area contributed by atoms with Crippen molar-refractivity contribution < 1.29 is 4.74 Å². The van der Waals surface area contributed by atoms with Gasteiger partial charge >= 0.3 is 0 Å². The molecule has 0 aromatic heterocycles. The zero-order valence-electron chi connectivity index (χ0n) is 7.68. The van der Waals surface area contributed by atoms with E-state index in [1.165, 1.54) is 12.8 Å². The Bertz CT molecular complexity index is 63.1. The predicted octanol–water partition coefficient (Wildman–Crippen LogP) is 2.85. The van der Waals surface area contributed by atoms with E-state index < -0.39 is 0 Å². The van der Waals surface area contributed by atoms with E-state index in [1.807, 2.05) is 13.8 Å². The zero-order valence-corrected chi connectivity index (χ0v) is 7.68. The summed E-state index contributed by atoms with van der Waals surface area (Å²) in [5, 5.41) is 0. The van der Waals surface area contributed by atoms with E-state index in [4.69, 9.17) is 4.74 Å². The third-order valence-electron chi connectivity index (χ3n) is 1.75. The second kappa shape index (κ2) is 5.72. The van der Waals surface area contributed by atoms with Gasteiger partial charge < -0.3 is 4.74 Å². The number of ether oxygens (including phenoxy) is 1. The van der Waals surface area contributed by atoms with Crippen LogP contribution in [0.5, 0.6) is 0 Å². The highest BCUT2D eigenvalue weighted by Gasteiger charge is 2.13. The van der Waals surface area contributed by atoms with Crippen LogP contribution in [0.3, 0.4) is 0 Å². The summed E-state index contributed by atoms with van der Waals surface area (Å²) in [7, 11) is 0. The van der Waals surface area contributed by atoms with Gasteiger partial charge in [-0.3, -0.25) is 0 Å². The molecule has 0 aromatic carbocycles. The van der Waals surface area contributed by atoms with E-state index >= 15 is 0 Å². The maximum absolute atomic E-state index is 5.35. The van der Waals surface area contributed by atoms with Crippen LogP contribution in [-0.4, -0.2) is 12.7 Å². The van der Waals surface area contributed by atoms with E-state index in [2.05, 4.69) is 13.8 Å². The van der Waals surface area contributed by atoms with E-state index in [1.54, 1.807) is 0 Å². The van der Waals surface area contributed by atoms with Gasteiger partial charge in [-0.1, -0.05) is 20.8 Å². The third-order valence-corrected chi connectivity index (χ3v) is 1.75. The van der Waals surface area contributed by atoms with Gasteiger partial charge in [0, 0.05) is 6.61 Å². The topological polar surface area (TPSA) is 9.23 Å². The minimum atomic E-state index is 0.513. The van der Waals surface area contributed by atoms with Crippen LogP contribution in [0.1, 0.15) is 40.5 Å². The molecule has 10 heavy (non-hydrogen) atoms. The van der Waals surface area contributed by atoms with Crippen LogP contribution in [-0.2, 0) is 4.74 Å². The van der Waals surface area contributed by atoms with Crippen LogP contribution in [0.25, 0.3) is 0 Å². The highest BCUT2D eigenvalue weighted by atomic mass is 16.5. The Labute approximate surface area is 64.8 Å². The number of hydrogen-bond donors (Lipinski definition) is 0. The maximum Gasteiger partial charge on any atom is 0.0549 e. The molecule has 1 nitrogen and oxygen atoms in total. The number of rotatable bonds is 0. The van der Waals surface area contributed by atoms with Crippen molar-refractivity contribution in [3.8, 4) is 0 Å². The molecular formula is C9H20O. The Morgan fingerprint density at radius 1 is 1.20 bits per heavy atom. The van der Waals surface area contributed by atoms with Gasteiger partial charge in [0.15, 0.2) is 0 Å². The highest BCUT2D eigenvalue weighted by Crippen LogP contribution is 2.18. The first-order chi connectivity index (χ1) is 4.79. The van der Waals surface area contributed by atoms with Gasteiger partial charge in [0.25, 0.3) is 0 Å². The summed E-state index contributed by atoms with van der Waals surface area (Å²) in [5.74, 6) is 0.888. The molecule has 62 valence electrons. The van der Waals surface area contributed by atoms with Crippen LogP contribution in [0, 0.1) is 5.92 Å². The largest absolute Gasteiger partial charge is 0.378 e. The van der Waals surface area contributed by atoms with Gasteiger partial charge in [0.1, 0.15) is 0 Å². The zero-order chi connectivity index (χ0) is 7.98. The van der Waals surface area contributed by atoms with Gasteiger partial charge in [-0.25, -0.2) is 0 Å². The molecule has 1 aliphatic heterocycles. The summed E-state index contributed by atoms with van der Waals surface area (Å²) >= 11 is 0. The molecule has 1 heteroatoms. The first-order valence-corrected chi connectivity index (χ1v) is 4.40. The summed E-state index contributed by atoms with van der Waals surface area (Å²) in [5.41, 5.74) is 0. The normalized spacial score (nSPS) is 32.4. The SMILES string of the molecule is CC.C[C@@H]1CCO[C@H](C)C1. The maximum atomic E-state index is 5.35. The molecule has 0 N–H and O–H groups in total. The molecule has 0 saturated carbocycles.